The van der Waals surface area contributed by atoms with Crippen LogP contribution in [-0.2, 0) is 16.1 Å². The first kappa shape index (κ1) is 10.5. The summed E-state index contributed by atoms with van der Waals surface area (Å²) in [6, 6.07) is 3.20. The third-order valence-electron chi connectivity index (χ3n) is 3.20. The van der Waals surface area contributed by atoms with E-state index in [2.05, 4.69) is 4.98 Å². The van der Waals surface area contributed by atoms with Gasteiger partial charge in [0.1, 0.15) is 5.82 Å². The molecule has 3 rings (SSSR count). The largest absolute Gasteiger partial charge is 0.384 e. The molecule has 2 aliphatic rings. The zero-order valence-electron chi connectivity index (χ0n) is 8.89. The van der Waals surface area contributed by atoms with Gasteiger partial charge < -0.3 is 5.73 Å². The molecule has 0 spiro atoms. The van der Waals surface area contributed by atoms with E-state index < -0.39 is 0 Å². The van der Waals surface area contributed by atoms with E-state index in [0.717, 1.165) is 0 Å². The summed E-state index contributed by atoms with van der Waals surface area (Å²) >= 11 is 5.95. The SMILES string of the molecule is Nc1ccc(Cl)c(CN2C(=O)C3CC3C2=O)n1. The van der Waals surface area contributed by atoms with Crippen LogP contribution in [-0.4, -0.2) is 21.7 Å². The summed E-state index contributed by atoms with van der Waals surface area (Å²) in [6.45, 7) is 0.120. The number of nitrogens with two attached hydrogens (primary N) is 1. The van der Waals surface area contributed by atoms with E-state index in [1.54, 1.807) is 12.1 Å². The average Bonchev–Trinajstić information content (AvgIpc) is 3.04. The quantitative estimate of drug-likeness (QED) is 0.790. The molecule has 2 heterocycles. The number of aromatic nitrogens is 1. The number of piperidine rings is 1. The Labute approximate surface area is 103 Å². The molecule has 1 aromatic rings. The first-order chi connectivity index (χ1) is 8.08. The summed E-state index contributed by atoms with van der Waals surface area (Å²) in [5, 5.41) is 0.417. The minimum Gasteiger partial charge on any atom is -0.384 e. The minimum absolute atomic E-state index is 0.0951. The molecule has 1 aliphatic heterocycles. The molecule has 2 N–H and O–H groups in total. The van der Waals surface area contributed by atoms with Gasteiger partial charge >= 0.3 is 0 Å². The van der Waals surface area contributed by atoms with Gasteiger partial charge in [0.2, 0.25) is 11.8 Å². The van der Waals surface area contributed by atoms with Crippen molar-refractivity contribution in [3.8, 4) is 0 Å². The fourth-order valence-electron chi connectivity index (χ4n) is 2.17. The predicted molar refractivity (Wildman–Crippen MR) is 60.8 cm³/mol. The number of likely N-dealkylation sites (tertiary alicyclic amines) is 1. The molecule has 88 valence electrons. The molecule has 6 heteroatoms. The third-order valence-corrected chi connectivity index (χ3v) is 3.55. The second-order valence-corrected chi connectivity index (χ2v) is 4.78. The second kappa shape index (κ2) is 3.43. The van der Waals surface area contributed by atoms with Crippen molar-refractivity contribution in [3.05, 3.63) is 22.8 Å². The number of pyridine rings is 1. The van der Waals surface area contributed by atoms with Crippen LogP contribution in [0.3, 0.4) is 0 Å². The molecule has 2 amide bonds. The number of halogens is 1. The zero-order chi connectivity index (χ0) is 12.2. The molecule has 17 heavy (non-hydrogen) atoms. The van der Waals surface area contributed by atoms with Crippen LogP contribution in [0.1, 0.15) is 12.1 Å². The molecular formula is C11H10ClN3O2. The fourth-order valence-corrected chi connectivity index (χ4v) is 2.33. The number of fused-ring (bicyclic) bond motifs is 1. The van der Waals surface area contributed by atoms with E-state index in [4.69, 9.17) is 17.3 Å². The molecular weight excluding hydrogens is 242 g/mol. The lowest BCUT2D eigenvalue weighted by Gasteiger charge is -2.16. The Hall–Kier alpha value is -1.62. The number of carbonyl (C=O) groups is 2. The van der Waals surface area contributed by atoms with Crippen LogP contribution < -0.4 is 5.73 Å². The summed E-state index contributed by atoms with van der Waals surface area (Å²) in [6.07, 6.45) is 0.701. The van der Waals surface area contributed by atoms with Gasteiger partial charge in [-0.3, -0.25) is 14.5 Å². The number of amides is 2. The maximum atomic E-state index is 11.8. The summed E-state index contributed by atoms with van der Waals surface area (Å²) in [4.78, 5) is 28.8. The van der Waals surface area contributed by atoms with Crippen molar-refractivity contribution < 1.29 is 9.59 Å². The number of carbonyl (C=O) groups excluding carboxylic acids is 2. The smallest absolute Gasteiger partial charge is 0.233 e. The Morgan fingerprint density at radius 3 is 2.65 bits per heavy atom. The number of hydrogen-bond acceptors (Lipinski definition) is 4. The maximum absolute atomic E-state index is 11.8. The lowest BCUT2D eigenvalue weighted by Crippen LogP contribution is -2.32. The number of nitrogen functional groups attached to an aromatic ring is 1. The van der Waals surface area contributed by atoms with E-state index in [9.17, 15) is 9.59 Å². The van der Waals surface area contributed by atoms with Gasteiger partial charge in [-0.05, 0) is 18.6 Å². The number of anilines is 1. The maximum Gasteiger partial charge on any atom is 0.233 e. The van der Waals surface area contributed by atoms with Crippen molar-refractivity contribution in [1.82, 2.24) is 9.88 Å². The molecule has 1 saturated carbocycles. The molecule has 2 unspecified atom stereocenters. The van der Waals surface area contributed by atoms with E-state index in [1.807, 2.05) is 0 Å². The number of imide groups is 1. The first-order valence-corrected chi connectivity index (χ1v) is 5.72. The Bertz CT molecular complexity index is 511. The molecule has 0 bridgehead atoms. The Balaban J connectivity index is 1.85. The molecule has 1 saturated heterocycles. The van der Waals surface area contributed by atoms with Crippen LogP contribution in [0.25, 0.3) is 0 Å². The van der Waals surface area contributed by atoms with Crippen LogP contribution in [0.4, 0.5) is 5.82 Å². The van der Waals surface area contributed by atoms with Crippen molar-refractivity contribution in [2.24, 2.45) is 11.8 Å². The minimum atomic E-state index is -0.111. The second-order valence-electron chi connectivity index (χ2n) is 4.38. The van der Waals surface area contributed by atoms with Crippen molar-refractivity contribution >= 4 is 29.2 Å². The fraction of sp³-hybridized carbons (Fsp3) is 0.364. The van der Waals surface area contributed by atoms with Gasteiger partial charge in [0.05, 0.1) is 29.1 Å². The number of rotatable bonds is 2. The van der Waals surface area contributed by atoms with E-state index in [-0.39, 0.29) is 30.2 Å². The van der Waals surface area contributed by atoms with Crippen molar-refractivity contribution in [1.29, 1.82) is 0 Å². The van der Waals surface area contributed by atoms with E-state index in [0.29, 0.717) is 23.0 Å². The Morgan fingerprint density at radius 2 is 2.00 bits per heavy atom. The van der Waals surface area contributed by atoms with Gasteiger partial charge in [0.25, 0.3) is 0 Å². The lowest BCUT2D eigenvalue weighted by atomic mass is 10.3. The van der Waals surface area contributed by atoms with Gasteiger partial charge in [-0.1, -0.05) is 11.6 Å². The predicted octanol–water partition coefficient (Wildman–Crippen LogP) is 0.822. The normalized spacial score (nSPS) is 26.3. The van der Waals surface area contributed by atoms with Gasteiger partial charge in [0.15, 0.2) is 0 Å². The molecule has 5 nitrogen and oxygen atoms in total. The summed E-state index contributed by atoms with van der Waals surface area (Å²) < 4.78 is 0. The van der Waals surface area contributed by atoms with Gasteiger partial charge in [-0.15, -0.1) is 0 Å². The van der Waals surface area contributed by atoms with Crippen molar-refractivity contribution in [2.45, 2.75) is 13.0 Å². The highest BCUT2D eigenvalue weighted by atomic mass is 35.5. The monoisotopic (exact) mass is 251 g/mol. The van der Waals surface area contributed by atoms with E-state index >= 15 is 0 Å². The van der Waals surface area contributed by atoms with Gasteiger partial charge in [-0.25, -0.2) is 4.98 Å². The number of hydrogen-bond donors (Lipinski definition) is 1. The van der Waals surface area contributed by atoms with Gasteiger partial charge in [0, 0.05) is 0 Å². The summed E-state index contributed by atoms with van der Waals surface area (Å²) in [5.74, 6) is -0.0843. The standard InChI is InChI=1S/C11H10ClN3O2/c12-7-1-2-9(13)14-8(7)4-15-10(16)5-3-6(5)11(15)17/h1-2,5-6H,3-4H2,(H2,13,14). The molecule has 0 radical (unpaired) electrons. The zero-order valence-corrected chi connectivity index (χ0v) is 9.65. The van der Waals surface area contributed by atoms with E-state index in [1.165, 1.54) is 4.90 Å². The Morgan fingerprint density at radius 1 is 1.35 bits per heavy atom. The molecule has 0 aromatic carbocycles. The highest BCUT2D eigenvalue weighted by molar-refractivity contribution is 6.31. The van der Waals surface area contributed by atoms with Crippen LogP contribution in [0.15, 0.2) is 12.1 Å². The lowest BCUT2D eigenvalue weighted by molar-refractivity contribution is -0.142. The van der Waals surface area contributed by atoms with Crippen LogP contribution in [0.2, 0.25) is 5.02 Å². The van der Waals surface area contributed by atoms with Crippen molar-refractivity contribution in [3.63, 3.8) is 0 Å². The molecule has 1 aliphatic carbocycles. The number of nitrogens with zero attached hydrogens (tertiary/aromatic N) is 2. The topological polar surface area (TPSA) is 76.3 Å². The Kier molecular flexibility index (Phi) is 2.13. The average molecular weight is 252 g/mol. The van der Waals surface area contributed by atoms with Crippen molar-refractivity contribution in [2.75, 3.05) is 5.73 Å². The first-order valence-electron chi connectivity index (χ1n) is 5.34. The van der Waals surface area contributed by atoms with Gasteiger partial charge in [-0.2, -0.15) is 0 Å². The highest BCUT2D eigenvalue weighted by Gasteiger charge is 2.58. The molecule has 2 atom stereocenters. The van der Waals surface area contributed by atoms with Crippen LogP contribution in [0.5, 0.6) is 0 Å². The summed E-state index contributed by atoms with van der Waals surface area (Å²) in [5.41, 5.74) is 6.02. The van der Waals surface area contributed by atoms with Crippen LogP contribution >= 0.6 is 11.6 Å². The van der Waals surface area contributed by atoms with Crippen LogP contribution in [0, 0.1) is 11.8 Å². The molecule has 2 fully saturated rings. The molecule has 1 aromatic heterocycles. The highest BCUT2D eigenvalue weighted by Crippen LogP contribution is 2.47. The summed E-state index contributed by atoms with van der Waals surface area (Å²) in [7, 11) is 0. The third kappa shape index (κ3) is 1.58.